The van der Waals surface area contributed by atoms with E-state index in [-0.39, 0.29) is 0 Å². The van der Waals surface area contributed by atoms with E-state index in [1.54, 1.807) is 6.07 Å². The van der Waals surface area contributed by atoms with Gasteiger partial charge in [0.15, 0.2) is 0 Å². The number of rotatable bonds is 2. The third-order valence-electron chi connectivity index (χ3n) is 1.66. The highest BCUT2D eigenvalue weighted by molar-refractivity contribution is 7.21. The Kier molecular flexibility index (Phi) is 2.66. The second kappa shape index (κ2) is 3.96. The van der Waals surface area contributed by atoms with Gasteiger partial charge in [-0.1, -0.05) is 18.2 Å². The minimum Gasteiger partial charge on any atom is -0.431 e. The number of fused-ring (bicyclic) bond motifs is 1. The smallest absolute Gasteiger partial charge is 0.353 e. The first-order chi connectivity index (χ1) is 7.22. The topological polar surface area (TPSA) is 52.1 Å². The zero-order chi connectivity index (χ0) is 10.8. The Morgan fingerprint density at radius 1 is 1.60 bits per heavy atom. The summed E-state index contributed by atoms with van der Waals surface area (Å²) >= 11 is 7.03. The molecule has 15 heavy (non-hydrogen) atoms. The molecule has 0 aliphatic rings. The number of hydrogen-bond donors (Lipinski definition) is 0. The minimum atomic E-state index is -0.468. The Hall–Kier alpha value is -1.46. The highest BCUT2D eigenvalue weighted by Gasteiger charge is 2.13. The number of hydrogen-bond acceptors (Lipinski definition) is 5. The van der Waals surface area contributed by atoms with Gasteiger partial charge in [0.2, 0.25) is 0 Å². The number of carbonyl (C=O) groups is 1. The number of halogens is 1. The highest BCUT2D eigenvalue weighted by atomic mass is 35.5. The standard InChI is InChI=1S/C9H5ClN2O2S/c1-2-14-9(13)6-3-5-7(15-6)8(10)12-4-11-5/h2-4H,1H2. The van der Waals surface area contributed by atoms with Crippen molar-refractivity contribution in [1.82, 2.24) is 9.97 Å². The normalized spacial score (nSPS) is 10.2. The van der Waals surface area contributed by atoms with Crippen LogP contribution in [0, 0.1) is 0 Å². The van der Waals surface area contributed by atoms with Crippen molar-refractivity contribution in [2.75, 3.05) is 0 Å². The number of nitrogens with zero attached hydrogens (tertiary/aromatic N) is 2. The van der Waals surface area contributed by atoms with Gasteiger partial charge in [-0.3, -0.25) is 0 Å². The van der Waals surface area contributed by atoms with Gasteiger partial charge in [0, 0.05) is 0 Å². The monoisotopic (exact) mass is 240 g/mol. The molecule has 0 saturated carbocycles. The van der Waals surface area contributed by atoms with Crippen molar-refractivity contribution in [2.24, 2.45) is 0 Å². The summed E-state index contributed by atoms with van der Waals surface area (Å²) in [4.78, 5) is 19.6. The fourth-order valence-electron chi connectivity index (χ4n) is 1.06. The maximum atomic E-state index is 11.4. The van der Waals surface area contributed by atoms with Crippen LogP contribution in [0.1, 0.15) is 9.67 Å². The number of carbonyl (C=O) groups excluding carboxylic acids is 1. The van der Waals surface area contributed by atoms with Crippen LogP contribution in [0.15, 0.2) is 25.2 Å². The average molecular weight is 241 g/mol. The molecule has 0 spiro atoms. The van der Waals surface area contributed by atoms with Gasteiger partial charge in [-0.25, -0.2) is 14.8 Å². The SMILES string of the molecule is C=COC(=O)c1cc2ncnc(Cl)c2s1. The molecule has 0 amide bonds. The first kappa shape index (κ1) is 10.1. The van der Waals surface area contributed by atoms with Gasteiger partial charge in [0.05, 0.1) is 16.5 Å². The van der Waals surface area contributed by atoms with E-state index in [0.29, 0.717) is 20.2 Å². The van der Waals surface area contributed by atoms with Crippen molar-refractivity contribution in [3.8, 4) is 0 Å². The Balaban J connectivity index is 2.51. The van der Waals surface area contributed by atoms with E-state index in [1.807, 2.05) is 0 Å². The molecule has 0 fully saturated rings. The lowest BCUT2D eigenvalue weighted by Gasteiger charge is -1.91. The van der Waals surface area contributed by atoms with Crippen molar-refractivity contribution in [3.05, 3.63) is 35.3 Å². The van der Waals surface area contributed by atoms with E-state index in [2.05, 4.69) is 21.3 Å². The van der Waals surface area contributed by atoms with E-state index in [1.165, 1.54) is 17.7 Å². The molecule has 2 rings (SSSR count). The first-order valence-electron chi connectivity index (χ1n) is 3.94. The lowest BCUT2D eigenvalue weighted by molar-refractivity contribution is 0.0669. The minimum absolute atomic E-state index is 0.336. The van der Waals surface area contributed by atoms with Gasteiger partial charge in [-0.05, 0) is 6.07 Å². The molecule has 4 nitrogen and oxygen atoms in total. The Labute approximate surface area is 94.2 Å². The van der Waals surface area contributed by atoms with Gasteiger partial charge in [-0.2, -0.15) is 0 Å². The van der Waals surface area contributed by atoms with E-state index in [4.69, 9.17) is 11.6 Å². The summed E-state index contributed by atoms with van der Waals surface area (Å²) in [5, 5.41) is 0.336. The van der Waals surface area contributed by atoms with Crippen molar-refractivity contribution < 1.29 is 9.53 Å². The zero-order valence-corrected chi connectivity index (χ0v) is 9.01. The van der Waals surface area contributed by atoms with Crippen LogP contribution >= 0.6 is 22.9 Å². The highest BCUT2D eigenvalue weighted by Crippen LogP contribution is 2.29. The average Bonchev–Trinajstić information content (AvgIpc) is 2.63. The second-order valence-electron chi connectivity index (χ2n) is 2.56. The summed E-state index contributed by atoms with van der Waals surface area (Å²) in [7, 11) is 0. The Morgan fingerprint density at radius 2 is 2.40 bits per heavy atom. The molecule has 0 radical (unpaired) electrons. The molecule has 2 aromatic heterocycles. The third-order valence-corrected chi connectivity index (χ3v) is 3.17. The van der Waals surface area contributed by atoms with Crippen molar-refractivity contribution in [2.45, 2.75) is 0 Å². The molecular formula is C9H5ClN2O2S. The quantitative estimate of drug-likeness (QED) is 0.460. The third kappa shape index (κ3) is 1.84. The predicted octanol–water partition coefficient (Wildman–Crippen LogP) is 2.65. The van der Waals surface area contributed by atoms with Crippen LogP contribution in [0.4, 0.5) is 0 Å². The molecule has 0 aliphatic heterocycles. The van der Waals surface area contributed by atoms with Crippen LogP contribution in [0.2, 0.25) is 5.15 Å². The summed E-state index contributed by atoms with van der Waals surface area (Å²) < 4.78 is 5.32. The van der Waals surface area contributed by atoms with Crippen LogP contribution < -0.4 is 0 Å². The number of ether oxygens (including phenoxy) is 1. The van der Waals surface area contributed by atoms with Crippen LogP contribution in [0.25, 0.3) is 10.2 Å². The van der Waals surface area contributed by atoms with Gasteiger partial charge in [-0.15, -0.1) is 11.3 Å². The fraction of sp³-hybridized carbons (Fsp3) is 0. The summed E-state index contributed by atoms with van der Waals surface area (Å²) in [5.74, 6) is -0.468. The van der Waals surface area contributed by atoms with E-state index in [0.717, 1.165) is 6.26 Å². The number of aromatic nitrogens is 2. The zero-order valence-electron chi connectivity index (χ0n) is 7.44. The molecular weight excluding hydrogens is 236 g/mol. The van der Waals surface area contributed by atoms with Crippen molar-refractivity contribution in [1.29, 1.82) is 0 Å². The van der Waals surface area contributed by atoms with Crippen LogP contribution in [0.5, 0.6) is 0 Å². The van der Waals surface area contributed by atoms with Crippen LogP contribution in [-0.2, 0) is 4.74 Å². The van der Waals surface area contributed by atoms with Gasteiger partial charge >= 0.3 is 5.97 Å². The van der Waals surface area contributed by atoms with Crippen molar-refractivity contribution >= 4 is 39.1 Å². The molecule has 0 bridgehead atoms. The lowest BCUT2D eigenvalue weighted by atomic mass is 10.4. The van der Waals surface area contributed by atoms with Gasteiger partial charge in [0.1, 0.15) is 16.4 Å². The molecule has 2 heterocycles. The van der Waals surface area contributed by atoms with Gasteiger partial charge in [0.25, 0.3) is 0 Å². The molecule has 0 atom stereocenters. The molecule has 2 aromatic rings. The summed E-state index contributed by atoms with van der Waals surface area (Å²) in [5.41, 5.74) is 0.635. The lowest BCUT2D eigenvalue weighted by Crippen LogP contribution is -1.95. The fourth-order valence-corrected chi connectivity index (χ4v) is 2.19. The van der Waals surface area contributed by atoms with Crippen molar-refractivity contribution in [3.63, 3.8) is 0 Å². The summed E-state index contributed by atoms with van der Waals surface area (Å²) in [6, 6.07) is 1.61. The maximum Gasteiger partial charge on any atom is 0.353 e. The Morgan fingerprint density at radius 3 is 3.07 bits per heavy atom. The molecule has 0 N–H and O–H groups in total. The van der Waals surface area contributed by atoms with Gasteiger partial charge < -0.3 is 4.74 Å². The van der Waals surface area contributed by atoms with E-state index >= 15 is 0 Å². The molecule has 76 valence electrons. The van der Waals surface area contributed by atoms with E-state index < -0.39 is 5.97 Å². The second-order valence-corrected chi connectivity index (χ2v) is 3.97. The Bertz CT molecular complexity index is 538. The summed E-state index contributed by atoms with van der Waals surface area (Å²) in [6.07, 6.45) is 2.43. The van der Waals surface area contributed by atoms with E-state index in [9.17, 15) is 4.79 Å². The number of esters is 1. The van der Waals surface area contributed by atoms with Crippen LogP contribution in [0.3, 0.4) is 0 Å². The molecule has 6 heteroatoms. The number of thiophene rings is 1. The first-order valence-corrected chi connectivity index (χ1v) is 5.13. The molecule has 0 aromatic carbocycles. The van der Waals surface area contributed by atoms with Crippen LogP contribution in [-0.4, -0.2) is 15.9 Å². The summed E-state index contributed by atoms with van der Waals surface area (Å²) in [6.45, 7) is 3.31. The molecule has 0 unspecified atom stereocenters. The maximum absolute atomic E-state index is 11.4. The predicted molar refractivity (Wildman–Crippen MR) is 58.0 cm³/mol. The molecule has 0 saturated heterocycles. The largest absolute Gasteiger partial charge is 0.431 e. The molecule has 0 aliphatic carbocycles.